The van der Waals surface area contributed by atoms with E-state index >= 15 is 0 Å². The summed E-state index contributed by atoms with van der Waals surface area (Å²) in [7, 11) is 0. The Balaban J connectivity index is 1.55. The average molecular weight is 414 g/mol. The summed E-state index contributed by atoms with van der Waals surface area (Å²) in [6.45, 7) is 0.434. The van der Waals surface area contributed by atoms with E-state index in [4.69, 9.17) is 9.84 Å². The van der Waals surface area contributed by atoms with Gasteiger partial charge >= 0.3 is 12.1 Å². The number of alkyl halides is 3. The minimum absolute atomic E-state index is 0.0337. The number of hydrogen-bond donors (Lipinski definition) is 1. The molecule has 6 heteroatoms. The molecule has 3 nitrogen and oxygen atoms in total. The standard InChI is InChI=1S/C24H21F3O3/c25-24(26,27)21-11-9-17(10-12-21)5-3-13-30-22-8-2-7-20(16-22)19-6-1-4-18(14-19)15-23(28)29/h1-2,4,6-12,14,16H,3,5,13,15H2,(H,28,29). The van der Waals surface area contributed by atoms with Crippen LogP contribution < -0.4 is 4.74 Å². The highest BCUT2D eigenvalue weighted by atomic mass is 19.4. The van der Waals surface area contributed by atoms with E-state index in [-0.39, 0.29) is 6.42 Å². The molecular weight excluding hydrogens is 393 g/mol. The van der Waals surface area contributed by atoms with E-state index in [1.165, 1.54) is 12.1 Å². The van der Waals surface area contributed by atoms with Gasteiger partial charge in [0.05, 0.1) is 18.6 Å². The molecule has 3 rings (SSSR count). The molecule has 0 atom stereocenters. The van der Waals surface area contributed by atoms with Crippen molar-refractivity contribution in [3.8, 4) is 16.9 Å². The Hall–Kier alpha value is -3.28. The second-order valence-electron chi connectivity index (χ2n) is 6.95. The van der Waals surface area contributed by atoms with E-state index in [1.54, 1.807) is 6.07 Å². The number of hydrogen-bond acceptors (Lipinski definition) is 2. The van der Waals surface area contributed by atoms with Gasteiger partial charge < -0.3 is 9.84 Å². The molecule has 3 aromatic rings. The molecule has 0 spiro atoms. The van der Waals surface area contributed by atoms with Gasteiger partial charge in [0.15, 0.2) is 0 Å². The molecule has 0 amide bonds. The summed E-state index contributed by atoms with van der Waals surface area (Å²) in [6, 6.07) is 20.1. The Bertz CT molecular complexity index is 995. The minimum atomic E-state index is -4.32. The Morgan fingerprint density at radius 2 is 1.53 bits per heavy atom. The van der Waals surface area contributed by atoms with Crippen LogP contribution in [0.15, 0.2) is 72.8 Å². The summed E-state index contributed by atoms with van der Waals surface area (Å²) in [5, 5.41) is 8.95. The van der Waals surface area contributed by atoms with E-state index < -0.39 is 17.7 Å². The average Bonchev–Trinajstić information content (AvgIpc) is 2.71. The number of aryl methyl sites for hydroxylation is 1. The molecule has 0 aliphatic rings. The molecule has 0 saturated heterocycles. The fraction of sp³-hybridized carbons (Fsp3) is 0.208. The highest BCUT2D eigenvalue weighted by Gasteiger charge is 2.29. The lowest BCUT2D eigenvalue weighted by Crippen LogP contribution is -2.05. The molecule has 0 radical (unpaired) electrons. The molecule has 0 unspecified atom stereocenters. The van der Waals surface area contributed by atoms with Gasteiger partial charge in [0.1, 0.15) is 5.75 Å². The Morgan fingerprint density at radius 1 is 0.867 bits per heavy atom. The number of carboxylic acid groups (broad SMARTS) is 1. The molecule has 30 heavy (non-hydrogen) atoms. The third kappa shape index (κ3) is 6.11. The van der Waals surface area contributed by atoms with Crippen molar-refractivity contribution in [1.82, 2.24) is 0 Å². The lowest BCUT2D eigenvalue weighted by Gasteiger charge is -2.10. The predicted octanol–water partition coefficient (Wildman–Crippen LogP) is 6.01. The number of carboxylic acids is 1. The van der Waals surface area contributed by atoms with Crippen LogP contribution in [0.5, 0.6) is 5.75 Å². The molecule has 1 N–H and O–H groups in total. The van der Waals surface area contributed by atoms with E-state index in [1.807, 2.05) is 42.5 Å². The van der Waals surface area contributed by atoms with Gasteiger partial charge in [-0.05, 0) is 59.4 Å². The van der Waals surface area contributed by atoms with Crippen LogP contribution in [0.2, 0.25) is 0 Å². The SMILES string of the molecule is O=C(O)Cc1cccc(-c2cccc(OCCCc3ccc(C(F)(F)F)cc3)c2)c1. The molecule has 0 aliphatic heterocycles. The maximum absolute atomic E-state index is 12.6. The molecule has 0 fully saturated rings. The van der Waals surface area contributed by atoms with Gasteiger partial charge in [-0.1, -0.05) is 48.5 Å². The zero-order valence-electron chi connectivity index (χ0n) is 16.2. The van der Waals surface area contributed by atoms with Crippen molar-refractivity contribution in [3.05, 3.63) is 89.5 Å². The van der Waals surface area contributed by atoms with Gasteiger partial charge in [0.2, 0.25) is 0 Å². The summed E-state index contributed by atoms with van der Waals surface area (Å²) in [4.78, 5) is 10.9. The Labute approximate surface area is 172 Å². The van der Waals surface area contributed by atoms with Gasteiger partial charge in [-0.2, -0.15) is 13.2 Å². The molecule has 3 aromatic carbocycles. The topological polar surface area (TPSA) is 46.5 Å². The van der Waals surface area contributed by atoms with E-state index in [0.29, 0.717) is 25.2 Å². The maximum Gasteiger partial charge on any atom is 0.416 e. The number of ether oxygens (including phenoxy) is 1. The fourth-order valence-electron chi connectivity index (χ4n) is 3.13. The van der Waals surface area contributed by atoms with Crippen LogP contribution in [0.25, 0.3) is 11.1 Å². The van der Waals surface area contributed by atoms with Gasteiger partial charge in [0.25, 0.3) is 0 Å². The zero-order valence-corrected chi connectivity index (χ0v) is 16.2. The van der Waals surface area contributed by atoms with Gasteiger partial charge in [-0.3, -0.25) is 4.79 Å². The number of rotatable bonds is 8. The molecule has 0 aliphatic carbocycles. The van der Waals surface area contributed by atoms with Gasteiger partial charge in [0, 0.05) is 0 Å². The van der Waals surface area contributed by atoms with Crippen LogP contribution in [0.3, 0.4) is 0 Å². The van der Waals surface area contributed by atoms with Crippen molar-refractivity contribution in [2.24, 2.45) is 0 Å². The van der Waals surface area contributed by atoms with Crippen molar-refractivity contribution < 1.29 is 27.8 Å². The molecule has 0 bridgehead atoms. The summed E-state index contributed by atoms with van der Waals surface area (Å²) in [5.74, 6) is -0.194. The second kappa shape index (κ2) is 9.48. The molecule has 0 saturated carbocycles. The third-order valence-electron chi connectivity index (χ3n) is 4.61. The first-order valence-electron chi connectivity index (χ1n) is 9.51. The molecular formula is C24H21F3O3. The second-order valence-corrected chi connectivity index (χ2v) is 6.95. The highest BCUT2D eigenvalue weighted by Crippen LogP contribution is 2.29. The van der Waals surface area contributed by atoms with Crippen LogP contribution in [0.4, 0.5) is 13.2 Å². The minimum Gasteiger partial charge on any atom is -0.494 e. The van der Waals surface area contributed by atoms with E-state index in [0.717, 1.165) is 34.4 Å². The normalized spacial score (nSPS) is 11.3. The summed E-state index contributed by atoms with van der Waals surface area (Å²) in [6.07, 6.45) is -3.06. The first-order chi connectivity index (χ1) is 14.3. The van der Waals surface area contributed by atoms with Crippen molar-refractivity contribution in [3.63, 3.8) is 0 Å². The van der Waals surface area contributed by atoms with Crippen LogP contribution in [-0.2, 0) is 23.8 Å². The van der Waals surface area contributed by atoms with Crippen LogP contribution in [0.1, 0.15) is 23.1 Å². The summed E-state index contributed by atoms with van der Waals surface area (Å²) < 4.78 is 43.6. The van der Waals surface area contributed by atoms with Crippen molar-refractivity contribution in [1.29, 1.82) is 0 Å². The molecule has 0 aromatic heterocycles. The number of carbonyl (C=O) groups is 1. The number of halogens is 3. The van der Waals surface area contributed by atoms with Gasteiger partial charge in [-0.15, -0.1) is 0 Å². The van der Waals surface area contributed by atoms with Crippen LogP contribution in [-0.4, -0.2) is 17.7 Å². The Kier molecular flexibility index (Phi) is 6.77. The van der Waals surface area contributed by atoms with Crippen molar-refractivity contribution in [2.75, 3.05) is 6.61 Å². The van der Waals surface area contributed by atoms with Gasteiger partial charge in [-0.25, -0.2) is 0 Å². The maximum atomic E-state index is 12.6. The van der Waals surface area contributed by atoms with E-state index in [2.05, 4.69) is 0 Å². The Morgan fingerprint density at radius 3 is 2.20 bits per heavy atom. The highest BCUT2D eigenvalue weighted by molar-refractivity contribution is 5.72. The summed E-state index contributed by atoms with van der Waals surface area (Å²) in [5.41, 5.74) is 2.73. The largest absolute Gasteiger partial charge is 0.494 e. The molecule has 156 valence electrons. The third-order valence-corrected chi connectivity index (χ3v) is 4.61. The quantitative estimate of drug-likeness (QED) is 0.459. The van der Waals surface area contributed by atoms with E-state index in [9.17, 15) is 18.0 Å². The first kappa shape index (κ1) is 21.4. The van der Waals surface area contributed by atoms with Crippen LogP contribution >= 0.6 is 0 Å². The lowest BCUT2D eigenvalue weighted by molar-refractivity contribution is -0.138. The first-order valence-corrected chi connectivity index (χ1v) is 9.51. The number of aliphatic carboxylic acids is 1. The zero-order chi connectivity index (χ0) is 21.6. The van der Waals surface area contributed by atoms with Crippen molar-refractivity contribution >= 4 is 5.97 Å². The fourth-order valence-corrected chi connectivity index (χ4v) is 3.13. The summed E-state index contributed by atoms with van der Waals surface area (Å²) >= 11 is 0. The molecule has 0 heterocycles. The monoisotopic (exact) mass is 414 g/mol. The smallest absolute Gasteiger partial charge is 0.416 e. The lowest BCUT2D eigenvalue weighted by atomic mass is 10.0. The van der Waals surface area contributed by atoms with Crippen molar-refractivity contribution in [2.45, 2.75) is 25.4 Å². The van der Waals surface area contributed by atoms with Crippen LogP contribution in [0, 0.1) is 0 Å². The predicted molar refractivity (Wildman–Crippen MR) is 108 cm³/mol. The number of benzene rings is 3.